The largest absolute Gasteiger partial charge is 0.289 e. The third-order valence-corrected chi connectivity index (χ3v) is 2.04. The summed E-state index contributed by atoms with van der Waals surface area (Å²) in [7, 11) is 0. The Hall–Kier alpha value is -0.280. The minimum atomic E-state index is -0.417. The van der Waals surface area contributed by atoms with Crippen molar-refractivity contribution >= 4 is 52.2 Å². The van der Waals surface area contributed by atoms with Crippen LogP contribution >= 0.6 is 46.4 Å². The van der Waals surface area contributed by atoms with Gasteiger partial charge >= 0.3 is 0 Å². The zero-order valence-corrected chi connectivity index (χ0v) is 9.62. The lowest BCUT2D eigenvalue weighted by Crippen LogP contribution is -1.97. The Bertz CT molecular complexity index is 398. The van der Waals surface area contributed by atoms with Crippen LogP contribution in [0, 0.1) is 0 Å². The first-order valence-corrected chi connectivity index (χ1v) is 4.91. The Morgan fingerprint density at radius 1 is 1.29 bits per heavy atom. The Morgan fingerprint density at radius 3 is 2.43 bits per heavy atom. The van der Waals surface area contributed by atoms with Crippen LogP contribution in [0.3, 0.4) is 0 Å². The molecule has 2 nitrogen and oxygen atoms in total. The van der Waals surface area contributed by atoms with Gasteiger partial charge in [-0.1, -0.05) is 46.4 Å². The summed E-state index contributed by atoms with van der Waals surface area (Å²) in [5, 5.41) is 0.237. The quantitative estimate of drug-likeness (QED) is 0.464. The SMILES string of the molecule is O=C(C=C(Cl)Cl)c1ccc(Cl)nc1Cl. The summed E-state index contributed by atoms with van der Waals surface area (Å²) in [6.07, 6.45) is 1.04. The molecule has 0 radical (unpaired) electrons. The molecule has 1 rings (SSSR count). The first-order valence-electron chi connectivity index (χ1n) is 3.40. The molecule has 6 heteroatoms. The molecule has 0 aliphatic carbocycles. The maximum absolute atomic E-state index is 11.4. The number of allylic oxidation sites excluding steroid dienone is 1. The molecule has 0 fully saturated rings. The lowest BCUT2D eigenvalue weighted by Gasteiger charge is -1.98. The Labute approximate surface area is 100 Å². The Balaban J connectivity index is 3.08. The van der Waals surface area contributed by atoms with Crippen LogP contribution in [-0.4, -0.2) is 10.8 Å². The van der Waals surface area contributed by atoms with Gasteiger partial charge in [-0.15, -0.1) is 0 Å². The zero-order chi connectivity index (χ0) is 10.7. The number of hydrogen-bond donors (Lipinski definition) is 0. The second-order valence-corrected chi connectivity index (χ2v) is 4.02. The predicted octanol–water partition coefficient (Wildman–Crippen LogP) is 3.89. The minimum Gasteiger partial charge on any atom is -0.289 e. The molecule has 74 valence electrons. The Kier molecular flexibility index (Phi) is 4.20. The maximum Gasteiger partial charge on any atom is 0.191 e. The van der Waals surface area contributed by atoms with Crippen molar-refractivity contribution in [3.05, 3.63) is 38.6 Å². The number of halogens is 4. The molecule has 0 bridgehead atoms. The summed E-state index contributed by atoms with van der Waals surface area (Å²) in [6, 6.07) is 2.91. The molecule has 1 aromatic heterocycles. The Morgan fingerprint density at radius 2 is 1.93 bits per heavy atom. The van der Waals surface area contributed by atoms with E-state index in [9.17, 15) is 4.79 Å². The van der Waals surface area contributed by atoms with Gasteiger partial charge in [0, 0.05) is 6.08 Å². The van der Waals surface area contributed by atoms with Crippen molar-refractivity contribution < 1.29 is 4.79 Å². The molecule has 1 aromatic rings. The molecule has 0 saturated carbocycles. The van der Waals surface area contributed by atoms with Crippen molar-refractivity contribution in [2.75, 3.05) is 0 Å². The highest BCUT2D eigenvalue weighted by Gasteiger charge is 2.09. The van der Waals surface area contributed by atoms with Gasteiger partial charge in [0.1, 0.15) is 14.8 Å². The normalized spacial score (nSPS) is 9.71. The lowest BCUT2D eigenvalue weighted by molar-refractivity contribution is 0.104. The molecule has 0 unspecified atom stereocenters. The summed E-state index contributed by atoms with van der Waals surface area (Å²) < 4.78 is -0.138. The molecular formula is C8H3Cl4NO. The van der Waals surface area contributed by atoms with Crippen molar-refractivity contribution in [1.29, 1.82) is 0 Å². The molecular weight excluding hydrogens is 268 g/mol. The minimum absolute atomic E-state index is 0.0216. The van der Waals surface area contributed by atoms with Crippen LogP contribution in [0.1, 0.15) is 10.4 Å². The lowest BCUT2D eigenvalue weighted by atomic mass is 10.2. The van der Waals surface area contributed by atoms with E-state index in [1.165, 1.54) is 12.1 Å². The standard InChI is InChI=1S/C8H3Cl4NO/c9-6(10)3-5(14)4-1-2-7(11)13-8(4)12/h1-3H. The van der Waals surface area contributed by atoms with Crippen LogP contribution in [0.25, 0.3) is 0 Å². The molecule has 0 atom stereocenters. The number of hydrogen-bond acceptors (Lipinski definition) is 2. The smallest absolute Gasteiger partial charge is 0.191 e. The topological polar surface area (TPSA) is 30.0 Å². The van der Waals surface area contributed by atoms with Gasteiger partial charge in [-0.2, -0.15) is 0 Å². The van der Waals surface area contributed by atoms with Gasteiger partial charge in [0.2, 0.25) is 0 Å². The van der Waals surface area contributed by atoms with Gasteiger partial charge in [0.15, 0.2) is 5.78 Å². The summed E-state index contributed by atoms with van der Waals surface area (Å²) in [4.78, 5) is 15.1. The van der Waals surface area contributed by atoms with E-state index in [1.807, 2.05) is 0 Å². The summed E-state index contributed by atoms with van der Waals surface area (Å²) in [6.45, 7) is 0. The zero-order valence-electron chi connectivity index (χ0n) is 6.60. The van der Waals surface area contributed by atoms with Crippen LogP contribution in [0.15, 0.2) is 22.7 Å². The van der Waals surface area contributed by atoms with Gasteiger partial charge in [-0.25, -0.2) is 4.98 Å². The van der Waals surface area contributed by atoms with E-state index in [0.717, 1.165) is 6.08 Å². The fourth-order valence-corrected chi connectivity index (χ4v) is 1.41. The van der Waals surface area contributed by atoms with Crippen LogP contribution in [-0.2, 0) is 0 Å². The third-order valence-electron chi connectivity index (χ3n) is 1.32. The number of pyridine rings is 1. The van der Waals surface area contributed by atoms with Crippen molar-refractivity contribution in [2.45, 2.75) is 0 Å². The van der Waals surface area contributed by atoms with E-state index in [-0.39, 0.29) is 20.4 Å². The van der Waals surface area contributed by atoms with Crippen molar-refractivity contribution in [1.82, 2.24) is 4.98 Å². The second kappa shape index (κ2) is 4.99. The van der Waals surface area contributed by atoms with Crippen molar-refractivity contribution in [3.63, 3.8) is 0 Å². The van der Waals surface area contributed by atoms with E-state index in [1.54, 1.807) is 0 Å². The van der Waals surface area contributed by atoms with E-state index >= 15 is 0 Å². The highest BCUT2D eigenvalue weighted by Crippen LogP contribution is 2.19. The molecule has 0 spiro atoms. The van der Waals surface area contributed by atoms with Gasteiger partial charge in [0.05, 0.1) is 5.56 Å². The van der Waals surface area contributed by atoms with Crippen molar-refractivity contribution in [2.24, 2.45) is 0 Å². The molecule has 0 aromatic carbocycles. The summed E-state index contributed by atoms with van der Waals surface area (Å²) in [5.74, 6) is -0.417. The molecule has 0 N–H and O–H groups in total. The van der Waals surface area contributed by atoms with Gasteiger partial charge in [-0.3, -0.25) is 4.79 Å². The highest BCUT2D eigenvalue weighted by atomic mass is 35.5. The molecule has 0 aliphatic rings. The van der Waals surface area contributed by atoms with Gasteiger partial charge in [0.25, 0.3) is 0 Å². The van der Waals surface area contributed by atoms with E-state index < -0.39 is 5.78 Å². The third kappa shape index (κ3) is 3.14. The highest BCUT2D eigenvalue weighted by molar-refractivity contribution is 6.57. The number of ketones is 1. The van der Waals surface area contributed by atoms with E-state index in [4.69, 9.17) is 46.4 Å². The monoisotopic (exact) mass is 269 g/mol. The van der Waals surface area contributed by atoms with Gasteiger partial charge in [-0.05, 0) is 12.1 Å². The number of nitrogens with zero attached hydrogens (tertiary/aromatic N) is 1. The van der Waals surface area contributed by atoms with Crippen molar-refractivity contribution in [3.8, 4) is 0 Å². The van der Waals surface area contributed by atoms with Crippen LogP contribution < -0.4 is 0 Å². The summed E-state index contributed by atoms with van der Waals surface area (Å²) in [5.41, 5.74) is 0.204. The van der Waals surface area contributed by atoms with E-state index in [0.29, 0.717) is 0 Å². The molecule has 1 heterocycles. The molecule has 0 aliphatic heterocycles. The fourth-order valence-electron chi connectivity index (χ4n) is 0.773. The second-order valence-electron chi connectivity index (χ2n) is 2.27. The maximum atomic E-state index is 11.4. The number of carbonyl (C=O) groups excluding carboxylic acids is 1. The molecule has 14 heavy (non-hydrogen) atoms. The van der Waals surface area contributed by atoms with E-state index in [2.05, 4.69) is 4.98 Å². The average Bonchev–Trinajstić information content (AvgIpc) is 2.01. The first kappa shape index (κ1) is 11.8. The predicted molar refractivity (Wildman–Crippen MR) is 58.4 cm³/mol. The fraction of sp³-hybridized carbons (Fsp3) is 0. The average molecular weight is 271 g/mol. The molecule has 0 amide bonds. The number of aromatic nitrogens is 1. The van der Waals surface area contributed by atoms with Crippen LogP contribution in [0.2, 0.25) is 10.3 Å². The first-order chi connectivity index (χ1) is 6.50. The van der Waals surface area contributed by atoms with Gasteiger partial charge < -0.3 is 0 Å². The van der Waals surface area contributed by atoms with Crippen LogP contribution in [0.4, 0.5) is 0 Å². The molecule has 0 saturated heterocycles. The summed E-state index contributed by atoms with van der Waals surface area (Å²) >= 11 is 21.9. The number of carbonyl (C=O) groups is 1. The number of rotatable bonds is 2. The van der Waals surface area contributed by atoms with Crippen LogP contribution in [0.5, 0.6) is 0 Å².